The van der Waals surface area contributed by atoms with Crippen LogP contribution in [0, 0.1) is 5.41 Å². The van der Waals surface area contributed by atoms with Crippen LogP contribution in [-0.2, 0) is 14.3 Å². The Labute approximate surface area is 234 Å². The highest BCUT2D eigenvalue weighted by Crippen LogP contribution is 2.50. The third-order valence-corrected chi connectivity index (χ3v) is 8.19. The van der Waals surface area contributed by atoms with E-state index in [4.69, 9.17) is 18.9 Å². The fourth-order valence-corrected chi connectivity index (χ4v) is 5.72. The minimum Gasteiger partial charge on any atom is -0.493 e. The van der Waals surface area contributed by atoms with Gasteiger partial charge >= 0.3 is 0 Å². The number of methoxy groups -OCH3 is 3. The molecule has 0 radical (unpaired) electrons. The second-order valence-electron chi connectivity index (χ2n) is 10.6. The number of nitrogens with zero attached hydrogens (tertiary/aromatic N) is 2. The topological polar surface area (TPSA) is 99.2 Å². The lowest BCUT2D eigenvalue weighted by molar-refractivity contribution is -0.150. The van der Waals surface area contributed by atoms with Crippen molar-refractivity contribution in [1.82, 2.24) is 9.88 Å². The molecule has 1 aliphatic heterocycles. The highest BCUT2D eigenvalue weighted by atomic mass is 16.5. The van der Waals surface area contributed by atoms with Crippen molar-refractivity contribution in [1.29, 1.82) is 0 Å². The van der Waals surface area contributed by atoms with Crippen LogP contribution in [-0.4, -0.2) is 61.2 Å². The predicted octanol–water partition coefficient (Wildman–Crippen LogP) is 5.57. The van der Waals surface area contributed by atoms with E-state index in [-0.39, 0.29) is 30.0 Å². The Bertz CT molecular complexity index is 1390. The standard InChI is InChI=1S/C31H37N3O6/c1-6-21-16-23(37-3)15-19(2)34(21)30(36)31(12-13-31)29(35)33-20-7-9-22(10-8-20)40-26-11-14-32-25-18-28(39-5)27(38-4)17-24(25)26/h7-11,14,17-19,21,23H,6,12-13,15-16H2,1-5H3,(H,33,35)/t19-,21+,23+/m1/s1. The number of anilines is 1. The van der Waals surface area contributed by atoms with E-state index in [1.165, 1.54) is 0 Å². The van der Waals surface area contributed by atoms with Gasteiger partial charge in [-0.25, -0.2) is 0 Å². The van der Waals surface area contributed by atoms with E-state index in [1.807, 2.05) is 11.0 Å². The van der Waals surface area contributed by atoms with Gasteiger partial charge in [-0.05, 0) is 75.4 Å². The number of rotatable bonds is 9. The Morgan fingerprint density at radius 2 is 1.70 bits per heavy atom. The first-order valence-electron chi connectivity index (χ1n) is 13.8. The summed E-state index contributed by atoms with van der Waals surface area (Å²) >= 11 is 0. The van der Waals surface area contributed by atoms with Crippen molar-refractivity contribution >= 4 is 28.4 Å². The monoisotopic (exact) mass is 547 g/mol. The number of benzene rings is 2. The third-order valence-electron chi connectivity index (χ3n) is 8.19. The Kier molecular flexibility index (Phi) is 7.85. The molecule has 40 heavy (non-hydrogen) atoms. The summed E-state index contributed by atoms with van der Waals surface area (Å²) in [5.41, 5.74) is 0.331. The molecule has 5 rings (SSSR count). The number of aromatic nitrogens is 1. The first-order valence-corrected chi connectivity index (χ1v) is 13.8. The van der Waals surface area contributed by atoms with Crippen LogP contribution in [0.5, 0.6) is 23.0 Å². The lowest BCUT2D eigenvalue weighted by Gasteiger charge is -2.44. The summed E-state index contributed by atoms with van der Waals surface area (Å²) in [6, 6.07) is 12.7. The largest absolute Gasteiger partial charge is 0.493 e. The molecule has 3 aromatic rings. The van der Waals surface area contributed by atoms with E-state index in [0.717, 1.165) is 24.6 Å². The highest BCUT2D eigenvalue weighted by Gasteiger charge is 2.59. The number of nitrogens with one attached hydrogen (secondary N) is 1. The summed E-state index contributed by atoms with van der Waals surface area (Å²) in [6.45, 7) is 4.14. The summed E-state index contributed by atoms with van der Waals surface area (Å²) < 4.78 is 22.6. The average molecular weight is 548 g/mol. The number of carbonyl (C=O) groups is 2. The molecule has 0 bridgehead atoms. The maximum atomic E-state index is 13.7. The van der Waals surface area contributed by atoms with Crippen LogP contribution in [0.25, 0.3) is 10.9 Å². The molecule has 0 spiro atoms. The maximum absolute atomic E-state index is 13.7. The molecule has 3 atom stereocenters. The minimum absolute atomic E-state index is 0.0307. The van der Waals surface area contributed by atoms with Crippen molar-refractivity contribution in [2.75, 3.05) is 26.6 Å². The van der Waals surface area contributed by atoms with Crippen LogP contribution >= 0.6 is 0 Å². The molecule has 212 valence electrons. The van der Waals surface area contributed by atoms with Crippen LogP contribution in [0.15, 0.2) is 48.7 Å². The molecule has 9 heteroatoms. The van der Waals surface area contributed by atoms with E-state index in [2.05, 4.69) is 24.1 Å². The second kappa shape index (κ2) is 11.3. The number of fused-ring (bicyclic) bond motifs is 1. The fraction of sp³-hybridized carbons (Fsp3) is 0.452. The van der Waals surface area contributed by atoms with Crippen molar-refractivity contribution in [3.63, 3.8) is 0 Å². The number of piperidine rings is 1. The third kappa shape index (κ3) is 5.18. The summed E-state index contributed by atoms with van der Waals surface area (Å²) in [5.74, 6) is 2.07. The molecular weight excluding hydrogens is 510 g/mol. The Balaban J connectivity index is 1.28. The van der Waals surface area contributed by atoms with Crippen LogP contribution in [0.2, 0.25) is 0 Å². The molecule has 1 aliphatic carbocycles. The molecule has 2 fully saturated rings. The zero-order chi connectivity index (χ0) is 28.4. The van der Waals surface area contributed by atoms with Gasteiger partial charge in [-0.3, -0.25) is 14.6 Å². The SMILES string of the molecule is CC[C@H]1C[C@@H](OC)C[C@@H](C)N1C(=O)C1(C(=O)Nc2ccc(Oc3ccnc4cc(OC)c(OC)cc34)cc2)CC1. The molecular formula is C31H37N3O6. The molecule has 1 saturated heterocycles. The summed E-state index contributed by atoms with van der Waals surface area (Å²) in [7, 11) is 4.89. The van der Waals surface area contributed by atoms with Crippen LogP contribution < -0.4 is 19.5 Å². The van der Waals surface area contributed by atoms with Crippen molar-refractivity contribution in [3.05, 3.63) is 48.7 Å². The van der Waals surface area contributed by atoms with Crippen LogP contribution in [0.4, 0.5) is 5.69 Å². The number of ether oxygens (including phenoxy) is 4. The molecule has 2 aromatic carbocycles. The Morgan fingerprint density at radius 1 is 1.00 bits per heavy atom. The molecule has 0 unspecified atom stereocenters. The average Bonchev–Trinajstić information content (AvgIpc) is 3.79. The van der Waals surface area contributed by atoms with Crippen molar-refractivity contribution in [2.45, 2.75) is 64.1 Å². The van der Waals surface area contributed by atoms with Gasteiger partial charge in [0.25, 0.3) is 0 Å². The van der Waals surface area contributed by atoms with Gasteiger partial charge < -0.3 is 29.2 Å². The number of carbonyl (C=O) groups excluding carboxylic acids is 2. The second-order valence-corrected chi connectivity index (χ2v) is 10.6. The van der Waals surface area contributed by atoms with E-state index in [9.17, 15) is 9.59 Å². The lowest BCUT2D eigenvalue weighted by atomic mass is 9.89. The van der Waals surface area contributed by atoms with Gasteiger partial charge in [0.15, 0.2) is 11.5 Å². The normalized spacial score (nSPS) is 21.5. The van der Waals surface area contributed by atoms with Crippen molar-refractivity contribution in [3.8, 4) is 23.0 Å². The van der Waals surface area contributed by atoms with E-state index in [1.54, 1.807) is 63.9 Å². The molecule has 2 amide bonds. The molecule has 2 heterocycles. The van der Waals surface area contributed by atoms with Gasteiger partial charge in [-0.2, -0.15) is 0 Å². The smallest absolute Gasteiger partial charge is 0.240 e. The molecule has 1 N–H and O–H groups in total. The summed E-state index contributed by atoms with van der Waals surface area (Å²) in [6.07, 6.45) is 5.36. The van der Waals surface area contributed by atoms with Gasteiger partial charge in [0.1, 0.15) is 16.9 Å². The van der Waals surface area contributed by atoms with E-state index < -0.39 is 5.41 Å². The molecule has 1 aromatic heterocycles. The van der Waals surface area contributed by atoms with E-state index in [0.29, 0.717) is 47.0 Å². The van der Waals surface area contributed by atoms with Gasteiger partial charge in [-0.15, -0.1) is 0 Å². The van der Waals surface area contributed by atoms with Crippen molar-refractivity contribution in [2.24, 2.45) is 5.41 Å². The van der Waals surface area contributed by atoms with Crippen LogP contribution in [0.1, 0.15) is 46.0 Å². The van der Waals surface area contributed by atoms with Crippen LogP contribution in [0.3, 0.4) is 0 Å². The molecule has 9 nitrogen and oxygen atoms in total. The first kappa shape index (κ1) is 27.7. The molecule has 2 aliphatic rings. The lowest BCUT2D eigenvalue weighted by Crippen LogP contribution is -2.56. The quantitative estimate of drug-likeness (QED) is 0.350. The molecule has 1 saturated carbocycles. The fourth-order valence-electron chi connectivity index (χ4n) is 5.72. The summed E-state index contributed by atoms with van der Waals surface area (Å²) in [5, 5.41) is 3.75. The highest BCUT2D eigenvalue weighted by molar-refractivity contribution is 6.13. The van der Waals surface area contributed by atoms with Gasteiger partial charge in [0, 0.05) is 42.5 Å². The van der Waals surface area contributed by atoms with Gasteiger partial charge in [-0.1, -0.05) is 6.92 Å². The van der Waals surface area contributed by atoms with Gasteiger partial charge in [0.05, 0.1) is 25.8 Å². The minimum atomic E-state index is -0.993. The number of amides is 2. The Morgan fingerprint density at radius 3 is 2.33 bits per heavy atom. The van der Waals surface area contributed by atoms with E-state index >= 15 is 0 Å². The number of hydrogen-bond acceptors (Lipinski definition) is 7. The number of hydrogen-bond donors (Lipinski definition) is 1. The zero-order valence-electron chi connectivity index (χ0n) is 23.7. The predicted molar refractivity (Wildman–Crippen MR) is 152 cm³/mol. The number of pyridine rings is 1. The Hall–Kier alpha value is -3.85. The van der Waals surface area contributed by atoms with Crippen molar-refractivity contribution < 1.29 is 28.5 Å². The number of likely N-dealkylation sites (tertiary alicyclic amines) is 1. The zero-order valence-corrected chi connectivity index (χ0v) is 23.7. The summed E-state index contributed by atoms with van der Waals surface area (Å²) in [4.78, 5) is 33.5. The maximum Gasteiger partial charge on any atom is 0.240 e. The first-order chi connectivity index (χ1) is 19.3. The van der Waals surface area contributed by atoms with Gasteiger partial charge in [0.2, 0.25) is 11.8 Å².